The fourth-order valence-electron chi connectivity index (χ4n) is 2.25. The molecule has 0 aromatic heterocycles. The Kier molecular flexibility index (Phi) is 3.50. The van der Waals surface area contributed by atoms with Gasteiger partial charge in [-0.3, -0.25) is 0 Å². The first-order valence-electron chi connectivity index (χ1n) is 6.30. The summed E-state index contributed by atoms with van der Waals surface area (Å²) in [5.74, 6) is 0. The topological polar surface area (TPSA) is 27.3 Å². The van der Waals surface area contributed by atoms with Gasteiger partial charge in [-0.1, -0.05) is 46.3 Å². The highest BCUT2D eigenvalue weighted by atomic mass is 79.9. The number of halogens is 1. The van der Waals surface area contributed by atoms with Crippen LogP contribution in [0.25, 0.3) is 0 Å². The molecule has 2 N–H and O–H groups in total. The highest BCUT2D eigenvalue weighted by molar-refractivity contribution is 9.10. The first-order valence-corrected chi connectivity index (χ1v) is 7.50. The van der Waals surface area contributed by atoms with Crippen molar-refractivity contribution < 1.29 is 0 Å². The first-order chi connectivity index (χ1) is 9.58. The summed E-state index contributed by atoms with van der Waals surface area (Å²) in [6, 6.07) is 18.2. The molecule has 2 aromatic carbocycles. The molecule has 1 aliphatic heterocycles. The summed E-state index contributed by atoms with van der Waals surface area (Å²) in [5, 5.41) is 5.91. The summed E-state index contributed by atoms with van der Waals surface area (Å²) in [5.41, 5.74) is 5.17. The second-order valence-electron chi connectivity index (χ2n) is 4.84. The van der Waals surface area contributed by atoms with E-state index < -0.39 is 5.66 Å². The van der Waals surface area contributed by atoms with Crippen LogP contribution in [0.3, 0.4) is 0 Å². The Bertz CT molecular complexity index is 629. The molecule has 0 aliphatic carbocycles. The predicted molar refractivity (Wildman–Crippen MR) is 89.3 cm³/mol. The molecule has 0 spiro atoms. The zero-order valence-electron chi connectivity index (χ0n) is 10.9. The molecular formula is C15H14BrN3S. The van der Waals surface area contributed by atoms with Crippen LogP contribution in [-0.4, -0.2) is 5.11 Å². The van der Waals surface area contributed by atoms with E-state index >= 15 is 0 Å². The van der Waals surface area contributed by atoms with Gasteiger partial charge in [0.05, 0.1) is 5.69 Å². The molecule has 20 heavy (non-hydrogen) atoms. The van der Waals surface area contributed by atoms with E-state index in [0.717, 1.165) is 15.7 Å². The van der Waals surface area contributed by atoms with Gasteiger partial charge in [0.25, 0.3) is 0 Å². The van der Waals surface area contributed by atoms with Gasteiger partial charge in [-0.2, -0.15) is 5.43 Å². The van der Waals surface area contributed by atoms with Crippen molar-refractivity contribution in [2.45, 2.75) is 12.6 Å². The summed E-state index contributed by atoms with van der Waals surface area (Å²) in [6.07, 6.45) is 0. The van der Waals surface area contributed by atoms with Crippen molar-refractivity contribution in [3.8, 4) is 0 Å². The van der Waals surface area contributed by atoms with E-state index in [9.17, 15) is 0 Å². The number of nitrogens with one attached hydrogen (secondary N) is 2. The van der Waals surface area contributed by atoms with E-state index in [4.69, 9.17) is 12.2 Å². The lowest BCUT2D eigenvalue weighted by molar-refractivity contribution is 0.389. The average Bonchev–Trinajstić information content (AvgIpc) is 2.77. The van der Waals surface area contributed by atoms with Crippen LogP contribution < -0.4 is 15.8 Å². The van der Waals surface area contributed by atoms with Gasteiger partial charge < -0.3 is 5.32 Å². The van der Waals surface area contributed by atoms with Gasteiger partial charge in [0.2, 0.25) is 0 Å². The minimum Gasteiger partial charge on any atom is -0.338 e. The Morgan fingerprint density at radius 2 is 1.70 bits per heavy atom. The van der Waals surface area contributed by atoms with Gasteiger partial charge in [0.15, 0.2) is 5.11 Å². The van der Waals surface area contributed by atoms with Crippen molar-refractivity contribution in [1.29, 1.82) is 0 Å². The van der Waals surface area contributed by atoms with Crippen molar-refractivity contribution in [3.05, 3.63) is 64.6 Å². The Labute approximate surface area is 132 Å². The standard InChI is InChI=1S/C15H14BrN3S/c1-15(11-7-9-12(16)10-8-11)17-14(20)19(18-15)13-5-3-2-4-6-13/h2-10,18H,1H3,(H,17,20). The van der Waals surface area contributed by atoms with Crippen LogP contribution in [0.1, 0.15) is 12.5 Å². The third-order valence-corrected chi connectivity index (χ3v) is 4.14. The lowest BCUT2D eigenvalue weighted by atomic mass is 10.0. The van der Waals surface area contributed by atoms with Crippen LogP contribution in [0.15, 0.2) is 59.1 Å². The Morgan fingerprint density at radius 3 is 2.35 bits per heavy atom. The molecule has 1 aliphatic rings. The number of anilines is 1. The fourth-order valence-corrected chi connectivity index (χ4v) is 2.87. The monoisotopic (exact) mass is 347 g/mol. The zero-order valence-corrected chi connectivity index (χ0v) is 13.3. The molecule has 1 saturated heterocycles. The largest absolute Gasteiger partial charge is 0.338 e. The van der Waals surface area contributed by atoms with Crippen LogP contribution in [0, 0.1) is 0 Å². The summed E-state index contributed by atoms with van der Waals surface area (Å²) in [6.45, 7) is 2.07. The Hall–Kier alpha value is -1.43. The average molecular weight is 348 g/mol. The second kappa shape index (κ2) is 5.16. The van der Waals surface area contributed by atoms with E-state index in [1.165, 1.54) is 0 Å². The molecule has 1 atom stereocenters. The van der Waals surface area contributed by atoms with Gasteiger partial charge in [0.1, 0.15) is 5.66 Å². The molecule has 0 radical (unpaired) electrons. The van der Waals surface area contributed by atoms with E-state index in [-0.39, 0.29) is 0 Å². The molecule has 2 aromatic rings. The molecular weight excluding hydrogens is 334 g/mol. The van der Waals surface area contributed by atoms with E-state index in [2.05, 4.69) is 45.7 Å². The normalized spacial score (nSPS) is 21.9. The smallest absolute Gasteiger partial charge is 0.190 e. The van der Waals surface area contributed by atoms with Crippen LogP contribution in [0.2, 0.25) is 0 Å². The number of rotatable bonds is 2. The molecule has 1 heterocycles. The SMILES string of the molecule is CC1(c2ccc(Br)cc2)NC(=S)N(c2ccccc2)N1. The van der Waals surface area contributed by atoms with Crippen LogP contribution in [0.4, 0.5) is 5.69 Å². The van der Waals surface area contributed by atoms with Gasteiger partial charge in [-0.15, -0.1) is 0 Å². The molecule has 1 unspecified atom stereocenters. The van der Waals surface area contributed by atoms with Gasteiger partial charge in [-0.05, 0) is 49.0 Å². The molecule has 3 nitrogen and oxygen atoms in total. The number of thiocarbonyl (C=S) groups is 1. The Balaban J connectivity index is 1.91. The third-order valence-electron chi connectivity index (χ3n) is 3.33. The summed E-state index contributed by atoms with van der Waals surface area (Å²) >= 11 is 8.90. The predicted octanol–water partition coefficient (Wildman–Crippen LogP) is 3.52. The fraction of sp³-hybridized carbons (Fsp3) is 0.133. The first kappa shape index (κ1) is 13.5. The van der Waals surface area contributed by atoms with Gasteiger partial charge in [0, 0.05) is 4.47 Å². The van der Waals surface area contributed by atoms with E-state index in [0.29, 0.717) is 5.11 Å². The third kappa shape index (κ3) is 2.44. The van der Waals surface area contributed by atoms with Crippen LogP contribution in [-0.2, 0) is 5.66 Å². The van der Waals surface area contributed by atoms with Crippen molar-refractivity contribution >= 4 is 38.9 Å². The minimum atomic E-state index is -0.409. The number of benzene rings is 2. The maximum atomic E-state index is 5.44. The number of nitrogens with zero attached hydrogens (tertiary/aromatic N) is 1. The van der Waals surface area contributed by atoms with Crippen LogP contribution >= 0.6 is 28.1 Å². The maximum Gasteiger partial charge on any atom is 0.190 e. The molecule has 102 valence electrons. The summed E-state index contributed by atoms with van der Waals surface area (Å²) in [7, 11) is 0. The number of hydrogen-bond acceptors (Lipinski definition) is 2. The summed E-state index contributed by atoms with van der Waals surface area (Å²) < 4.78 is 1.06. The highest BCUT2D eigenvalue weighted by Crippen LogP contribution is 2.27. The molecule has 1 fully saturated rings. The van der Waals surface area contributed by atoms with E-state index in [1.54, 1.807) is 0 Å². The van der Waals surface area contributed by atoms with Crippen molar-refractivity contribution in [2.24, 2.45) is 0 Å². The molecule has 0 saturated carbocycles. The lowest BCUT2D eigenvalue weighted by Gasteiger charge is -2.26. The molecule has 3 rings (SSSR count). The number of hydrazine groups is 1. The van der Waals surface area contributed by atoms with E-state index in [1.807, 2.05) is 47.5 Å². The highest BCUT2D eigenvalue weighted by Gasteiger charge is 2.37. The molecule has 0 bridgehead atoms. The quantitative estimate of drug-likeness (QED) is 0.812. The zero-order chi connectivity index (χ0) is 14.2. The summed E-state index contributed by atoms with van der Waals surface area (Å²) in [4.78, 5) is 0. The van der Waals surface area contributed by atoms with Gasteiger partial charge >= 0.3 is 0 Å². The molecule has 0 amide bonds. The van der Waals surface area contributed by atoms with Gasteiger partial charge in [-0.25, -0.2) is 5.01 Å². The Morgan fingerprint density at radius 1 is 1.05 bits per heavy atom. The second-order valence-corrected chi connectivity index (χ2v) is 6.15. The molecule has 5 heteroatoms. The number of para-hydroxylation sites is 1. The minimum absolute atomic E-state index is 0.409. The number of hydrogen-bond donors (Lipinski definition) is 2. The van der Waals surface area contributed by atoms with Crippen LogP contribution in [0.5, 0.6) is 0 Å². The maximum absolute atomic E-state index is 5.44. The van der Waals surface area contributed by atoms with Crippen molar-refractivity contribution in [3.63, 3.8) is 0 Å². The van der Waals surface area contributed by atoms with Crippen molar-refractivity contribution in [2.75, 3.05) is 5.01 Å². The lowest BCUT2D eigenvalue weighted by Crippen LogP contribution is -2.45. The van der Waals surface area contributed by atoms with Crippen molar-refractivity contribution in [1.82, 2.24) is 10.7 Å².